The molecule has 78 valence electrons. The normalized spacial score (nSPS) is 10.6. The number of aldehydes is 1. The average molecular weight is 204 g/mol. The molecule has 0 unspecified atom stereocenters. The molecule has 0 saturated carbocycles. The second kappa shape index (κ2) is 3.42. The lowest BCUT2D eigenvalue weighted by Gasteiger charge is -2.01. The Morgan fingerprint density at radius 3 is 2.67 bits per heavy atom. The Hall–Kier alpha value is -1.77. The second-order valence-electron chi connectivity index (χ2n) is 3.50. The lowest BCUT2D eigenvalue weighted by atomic mass is 10.1. The third kappa shape index (κ3) is 1.40. The van der Waals surface area contributed by atoms with Gasteiger partial charge in [0.2, 0.25) is 0 Å². The first-order valence-electron chi connectivity index (χ1n) is 4.70. The van der Waals surface area contributed by atoms with Gasteiger partial charge in [0.05, 0.1) is 7.11 Å². The fraction of sp³-hybridized carbons (Fsp3) is 0.250. The lowest BCUT2D eigenvalue weighted by molar-refractivity contribution is 0.112. The van der Waals surface area contributed by atoms with Crippen molar-refractivity contribution in [1.82, 2.24) is 0 Å². The topological polar surface area (TPSA) is 39.4 Å². The van der Waals surface area contributed by atoms with Gasteiger partial charge in [-0.3, -0.25) is 4.79 Å². The average Bonchev–Trinajstić information content (AvgIpc) is 2.54. The van der Waals surface area contributed by atoms with E-state index in [0.717, 1.165) is 23.0 Å². The smallest absolute Gasteiger partial charge is 0.176 e. The van der Waals surface area contributed by atoms with E-state index in [1.54, 1.807) is 13.2 Å². The van der Waals surface area contributed by atoms with Crippen LogP contribution in [0.15, 0.2) is 16.5 Å². The van der Waals surface area contributed by atoms with Crippen molar-refractivity contribution in [2.45, 2.75) is 13.8 Å². The molecular weight excluding hydrogens is 192 g/mol. The molecule has 0 N–H and O–H groups in total. The van der Waals surface area contributed by atoms with E-state index in [-0.39, 0.29) is 0 Å². The summed E-state index contributed by atoms with van der Waals surface area (Å²) in [7, 11) is 1.57. The van der Waals surface area contributed by atoms with Crippen LogP contribution >= 0.6 is 0 Å². The highest BCUT2D eigenvalue weighted by Gasteiger charge is 2.12. The third-order valence-corrected chi connectivity index (χ3v) is 2.62. The SMILES string of the molecule is COc1cc(C=O)cc2c(C)c(C)oc12. The summed E-state index contributed by atoms with van der Waals surface area (Å²) < 4.78 is 10.8. The maximum Gasteiger partial charge on any atom is 0.176 e. The fourth-order valence-electron chi connectivity index (χ4n) is 1.65. The van der Waals surface area contributed by atoms with Crippen molar-refractivity contribution in [3.63, 3.8) is 0 Å². The molecule has 15 heavy (non-hydrogen) atoms. The molecule has 0 fully saturated rings. The number of carbonyl (C=O) groups excluding carboxylic acids is 1. The van der Waals surface area contributed by atoms with Crippen LogP contribution in [0.25, 0.3) is 11.0 Å². The van der Waals surface area contributed by atoms with Crippen molar-refractivity contribution in [3.05, 3.63) is 29.0 Å². The molecule has 2 aromatic rings. The first-order valence-corrected chi connectivity index (χ1v) is 4.70. The summed E-state index contributed by atoms with van der Waals surface area (Å²) in [4.78, 5) is 10.8. The van der Waals surface area contributed by atoms with Gasteiger partial charge in [-0.05, 0) is 31.5 Å². The predicted molar refractivity (Wildman–Crippen MR) is 57.6 cm³/mol. The van der Waals surface area contributed by atoms with Gasteiger partial charge < -0.3 is 9.15 Å². The summed E-state index contributed by atoms with van der Waals surface area (Å²) in [6.07, 6.45) is 0.809. The van der Waals surface area contributed by atoms with E-state index in [1.807, 2.05) is 19.9 Å². The summed E-state index contributed by atoms with van der Waals surface area (Å²) >= 11 is 0. The number of ether oxygens (including phenoxy) is 1. The predicted octanol–water partition coefficient (Wildman–Crippen LogP) is 2.87. The number of methoxy groups -OCH3 is 1. The maximum absolute atomic E-state index is 10.8. The summed E-state index contributed by atoms with van der Waals surface area (Å²) in [6.45, 7) is 3.87. The summed E-state index contributed by atoms with van der Waals surface area (Å²) in [5.74, 6) is 1.46. The minimum Gasteiger partial charge on any atom is -0.493 e. The van der Waals surface area contributed by atoms with E-state index in [1.165, 1.54) is 0 Å². The largest absolute Gasteiger partial charge is 0.493 e. The van der Waals surface area contributed by atoms with Crippen LogP contribution in [-0.2, 0) is 0 Å². The van der Waals surface area contributed by atoms with Gasteiger partial charge in [-0.25, -0.2) is 0 Å². The minimum atomic E-state index is 0.600. The van der Waals surface area contributed by atoms with Gasteiger partial charge in [0.15, 0.2) is 11.3 Å². The number of carbonyl (C=O) groups is 1. The van der Waals surface area contributed by atoms with Gasteiger partial charge >= 0.3 is 0 Å². The first-order chi connectivity index (χ1) is 7.17. The molecule has 0 aliphatic heterocycles. The van der Waals surface area contributed by atoms with Crippen LogP contribution in [0, 0.1) is 13.8 Å². The number of furan rings is 1. The van der Waals surface area contributed by atoms with Crippen molar-refractivity contribution < 1.29 is 13.9 Å². The number of hydrogen-bond acceptors (Lipinski definition) is 3. The van der Waals surface area contributed by atoms with Crippen LogP contribution in [0.3, 0.4) is 0 Å². The van der Waals surface area contributed by atoms with Crippen molar-refractivity contribution in [2.75, 3.05) is 7.11 Å². The Labute approximate surface area is 87.6 Å². The maximum atomic E-state index is 10.8. The van der Waals surface area contributed by atoms with E-state index in [0.29, 0.717) is 16.9 Å². The number of fused-ring (bicyclic) bond motifs is 1. The minimum absolute atomic E-state index is 0.600. The Kier molecular flexibility index (Phi) is 2.23. The zero-order chi connectivity index (χ0) is 11.0. The molecule has 0 bridgehead atoms. The van der Waals surface area contributed by atoms with Crippen molar-refractivity contribution >= 4 is 17.3 Å². The zero-order valence-corrected chi connectivity index (χ0v) is 8.96. The van der Waals surface area contributed by atoms with Crippen LogP contribution in [0.4, 0.5) is 0 Å². The van der Waals surface area contributed by atoms with E-state index < -0.39 is 0 Å². The number of benzene rings is 1. The van der Waals surface area contributed by atoms with Gasteiger partial charge in [0.1, 0.15) is 12.0 Å². The van der Waals surface area contributed by atoms with Gasteiger partial charge in [0.25, 0.3) is 0 Å². The summed E-state index contributed by atoms with van der Waals surface area (Å²) in [6, 6.07) is 3.49. The molecule has 0 aliphatic rings. The molecule has 0 aliphatic carbocycles. The van der Waals surface area contributed by atoms with Crippen LogP contribution < -0.4 is 4.74 Å². The summed E-state index contributed by atoms with van der Waals surface area (Å²) in [5, 5.41) is 0.939. The molecule has 0 spiro atoms. The quantitative estimate of drug-likeness (QED) is 0.706. The Morgan fingerprint density at radius 2 is 2.07 bits per heavy atom. The molecular formula is C12H12O3. The Morgan fingerprint density at radius 1 is 1.33 bits per heavy atom. The van der Waals surface area contributed by atoms with E-state index in [4.69, 9.17) is 9.15 Å². The van der Waals surface area contributed by atoms with Gasteiger partial charge in [-0.2, -0.15) is 0 Å². The molecule has 0 saturated heterocycles. The van der Waals surface area contributed by atoms with Crippen molar-refractivity contribution in [1.29, 1.82) is 0 Å². The van der Waals surface area contributed by atoms with Crippen molar-refractivity contribution in [3.8, 4) is 5.75 Å². The molecule has 3 nitrogen and oxygen atoms in total. The summed E-state index contributed by atoms with van der Waals surface area (Å²) in [5.41, 5.74) is 2.35. The number of aryl methyl sites for hydroxylation is 2. The van der Waals surface area contributed by atoms with Gasteiger partial charge in [-0.1, -0.05) is 0 Å². The van der Waals surface area contributed by atoms with Gasteiger partial charge in [-0.15, -0.1) is 0 Å². The molecule has 0 radical (unpaired) electrons. The molecule has 2 rings (SSSR count). The Bertz CT molecular complexity index is 523. The fourth-order valence-corrected chi connectivity index (χ4v) is 1.65. The molecule has 1 aromatic carbocycles. The molecule has 0 amide bonds. The van der Waals surface area contributed by atoms with E-state index in [2.05, 4.69) is 0 Å². The standard InChI is InChI=1S/C12H12O3/c1-7-8(2)15-12-10(7)4-9(6-13)5-11(12)14-3/h4-6H,1-3H3. The van der Waals surface area contributed by atoms with Gasteiger partial charge in [0, 0.05) is 10.9 Å². The van der Waals surface area contributed by atoms with E-state index in [9.17, 15) is 4.79 Å². The second-order valence-corrected chi connectivity index (χ2v) is 3.50. The zero-order valence-electron chi connectivity index (χ0n) is 8.96. The van der Waals surface area contributed by atoms with Crippen molar-refractivity contribution in [2.24, 2.45) is 0 Å². The lowest BCUT2D eigenvalue weighted by Crippen LogP contribution is -1.87. The third-order valence-electron chi connectivity index (χ3n) is 2.62. The van der Waals surface area contributed by atoms with Crippen LogP contribution in [0.2, 0.25) is 0 Å². The molecule has 3 heteroatoms. The molecule has 1 heterocycles. The van der Waals surface area contributed by atoms with E-state index >= 15 is 0 Å². The van der Waals surface area contributed by atoms with Crippen LogP contribution in [-0.4, -0.2) is 13.4 Å². The monoisotopic (exact) mass is 204 g/mol. The van der Waals surface area contributed by atoms with Crippen LogP contribution in [0.1, 0.15) is 21.7 Å². The first kappa shape index (κ1) is 9.77. The molecule has 1 aromatic heterocycles. The Balaban J connectivity index is 2.86. The highest BCUT2D eigenvalue weighted by molar-refractivity contribution is 5.92. The highest BCUT2D eigenvalue weighted by Crippen LogP contribution is 2.32. The van der Waals surface area contributed by atoms with Crippen LogP contribution in [0.5, 0.6) is 5.75 Å². The molecule has 0 atom stereocenters. The number of rotatable bonds is 2. The number of hydrogen-bond donors (Lipinski definition) is 0. The highest BCUT2D eigenvalue weighted by atomic mass is 16.5.